The number of nitrogens with one attached hydrogen (secondary N) is 1. The number of piperidine rings is 1. The zero-order valence-corrected chi connectivity index (χ0v) is 11.5. The van der Waals surface area contributed by atoms with Gasteiger partial charge in [0.15, 0.2) is 0 Å². The Morgan fingerprint density at radius 1 is 1.53 bits per heavy atom. The molecule has 1 heterocycles. The van der Waals surface area contributed by atoms with Crippen LogP contribution in [0, 0.1) is 0 Å². The fourth-order valence-electron chi connectivity index (χ4n) is 2.26. The maximum absolute atomic E-state index is 12.0. The maximum Gasteiger partial charge on any atom is 0.326 e. The van der Waals surface area contributed by atoms with Gasteiger partial charge in [-0.15, -0.1) is 0 Å². The lowest BCUT2D eigenvalue weighted by Crippen LogP contribution is -2.53. The molecule has 7 nitrogen and oxygen atoms in total. The minimum Gasteiger partial charge on any atom is -0.480 e. The summed E-state index contributed by atoms with van der Waals surface area (Å²) in [6, 6.07) is -1.34. The van der Waals surface area contributed by atoms with Gasteiger partial charge in [0.2, 0.25) is 0 Å². The van der Waals surface area contributed by atoms with E-state index in [0.29, 0.717) is 0 Å². The minimum atomic E-state index is -1.13. The van der Waals surface area contributed by atoms with E-state index in [0.717, 1.165) is 25.9 Å². The standard InChI is InChI=1S/C12H23N3O4/c1-14-6-3-4-9(8-14)15(2)12(19)13-10(5-7-16)11(17)18/h9-10,16H,3-8H2,1-2H3,(H,13,19)(H,17,18)/t9?,10-/m1/s1. The number of likely N-dealkylation sites (tertiary alicyclic amines) is 1. The van der Waals surface area contributed by atoms with E-state index in [4.69, 9.17) is 10.2 Å². The van der Waals surface area contributed by atoms with Crippen LogP contribution in [0.2, 0.25) is 0 Å². The third-order valence-corrected chi connectivity index (χ3v) is 3.48. The first-order chi connectivity index (χ1) is 8.95. The van der Waals surface area contributed by atoms with Gasteiger partial charge in [-0.25, -0.2) is 9.59 Å². The van der Waals surface area contributed by atoms with Crippen molar-refractivity contribution in [2.24, 2.45) is 0 Å². The monoisotopic (exact) mass is 273 g/mol. The predicted octanol–water partition coefficient (Wildman–Crippen LogP) is -0.442. The van der Waals surface area contributed by atoms with E-state index in [-0.39, 0.29) is 19.1 Å². The second-order valence-corrected chi connectivity index (χ2v) is 5.02. The summed E-state index contributed by atoms with van der Waals surface area (Å²) in [7, 11) is 3.68. The van der Waals surface area contributed by atoms with Crippen LogP contribution in [0.4, 0.5) is 4.79 Å². The van der Waals surface area contributed by atoms with Crippen LogP contribution in [0.3, 0.4) is 0 Å². The predicted molar refractivity (Wildman–Crippen MR) is 69.9 cm³/mol. The summed E-state index contributed by atoms with van der Waals surface area (Å²) >= 11 is 0. The van der Waals surface area contributed by atoms with Gasteiger partial charge in [-0.05, 0) is 26.4 Å². The van der Waals surface area contributed by atoms with E-state index in [1.807, 2.05) is 7.05 Å². The Balaban J connectivity index is 2.53. The van der Waals surface area contributed by atoms with E-state index >= 15 is 0 Å². The van der Waals surface area contributed by atoms with Crippen molar-refractivity contribution in [1.82, 2.24) is 15.1 Å². The molecule has 2 amide bonds. The summed E-state index contributed by atoms with van der Waals surface area (Å²) < 4.78 is 0. The molecule has 7 heteroatoms. The highest BCUT2D eigenvalue weighted by atomic mass is 16.4. The summed E-state index contributed by atoms with van der Waals surface area (Å²) in [4.78, 5) is 26.6. The number of carbonyl (C=O) groups excluding carboxylic acids is 1. The summed E-state index contributed by atoms with van der Waals surface area (Å²) in [6.45, 7) is 1.54. The number of amides is 2. The van der Waals surface area contributed by atoms with Crippen LogP contribution in [0.5, 0.6) is 0 Å². The molecule has 1 aliphatic heterocycles. The summed E-state index contributed by atoms with van der Waals surface area (Å²) in [6.07, 6.45) is 1.96. The van der Waals surface area contributed by atoms with Gasteiger partial charge >= 0.3 is 12.0 Å². The fraction of sp³-hybridized carbons (Fsp3) is 0.833. The fourth-order valence-corrected chi connectivity index (χ4v) is 2.26. The Morgan fingerprint density at radius 2 is 2.21 bits per heavy atom. The molecule has 0 radical (unpaired) electrons. The molecular formula is C12H23N3O4. The topological polar surface area (TPSA) is 93.1 Å². The quantitative estimate of drug-likeness (QED) is 0.631. The number of hydrogen-bond donors (Lipinski definition) is 3. The molecule has 1 saturated heterocycles. The van der Waals surface area contributed by atoms with Crippen LogP contribution in [0.15, 0.2) is 0 Å². The highest BCUT2D eigenvalue weighted by Crippen LogP contribution is 2.13. The Bertz CT molecular complexity index is 324. The molecule has 0 spiro atoms. The number of hydrogen-bond acceptors (Lipinski definition) is 4. The van der Waals surface area contributed by atoms with Crippen molar-refractivity contribution in [3.63, 3.8) is 0 Å². The van der Waals surface area contributed by atoms with Crippen LogP contribution < -0.4 is 5.32 Å². The van der Waals surface area contributed by atoms with Gasteiger partial charge in [-0.2, -0.15) is 0 Å². The van der Waals surface area contributed by atoms with Crippen molar-refractivity contribution in [1.29, 1.82) is 0 Å². The van der Waals surface area contributed by atoms with E-state index in [9.17, 15) is 9.59 Å². The summed E-state index contributed by atoms with van der Waals surface area (Å²) in [5.74, 6) is -1.13. The smallest absolute Gasteiger partial charge is 0.326 e. The van der Waals surface area contributed by atoms with Crippen molar-refractivity contribution in [2.75, 3.05) is 33.8 Å². The normalized spacial score (nSPS) is 21.7. The van der Waals surface area contributed by atoms with Crippen LogP contribution in [-0.4, -0.2) is 77.9 Å². The number of aliphatic hydroxyl groups is 1. The first-order valence-corrected chi connectivity index (χ1v) is 6.51. The van der Waals surface area contributed by atoms with Crippen molar-refractivity contribution < 1.29 is 19.8 Å². The molecule has 110 valence electrons. The zero-order valence-electron chi connectivity index (χ0n) is 11.5. The highest BCUT2D eigenvalue weighted by molar-refractivity contribution is 5.82. The molecule has 1 fully saturated rings. The number of aliphatic carboxylic acids is 1. The molecule has 1 aliphatic rings. The first-order valence-electron chi connectivity index (χ1n) is 6.51. The molecule has 2 atom stereocenters. The number of rotatable bonds is 5. The Kier molecular flexibility index (Phi) is 6.04. The number of aliphatic hydroxyl groups excluding tert-OH is 1. The largest absolute Gasteiger partial charge is 0.480 e. The number of likely N-dealkylation sites (N-methyl/N-ethyl adjacent to an activating group) is 2. The number of carboxylic acids is 1. The van der Waals surface area contributed by atoms with Crippen molar-refractivity contribution in [3.05, 3.63) is 0 Å². The first kappa shape index (κ1) is 15.7. The number of urea groups is 1. The summed E-state index contributed by atoms with van der Waals surface area (Å²) in [5, 5.41) is 20.2. The molecule has 3 N–H and O–H groups in total. The number of carboxylic acid groups (broad SMARTS) is 1. The molecular weight excluding hydrogens is 250 g/mol. The van der Waals surface area contributed by atoms with Gasteiger partial charge in [0.05, 0.1) is 0 Å². The van der Waals surface area contributed by atoms with Crippen molar-refractivity contribution in [2.45, 2.75) is 31.3 Å². The van der Waals surface area contributed by atoms with Crippen LogP contribution in [0.25, 0.3) is 0 Å². The van der Waals surface area contributed by atoms with Crippen LogP contribution in [0.1, 0.15) is 19.3 Å². The third kappa shape index (κ3) is 4.68. The van der Waals surface area contributed by atoms with Gasteiger partial charge in [-0.3, -0.25) is 0 Å². The van der Waals surface area contributed by atoms with E-state index in [2.05, 4.69) is 10.2 Å². The lowest BCUT2D eigenvalue weighted by atomic mass is 10.1. The number of carbonyl (C=O) groups is 2. The van der Waals surface area contributed by atoms with Gasteiger partial charge in [0.1, 0.15) is 6.04 Å². The molecule has 1 unspecified atom stereocenters. The van der Waals surface area contributed by atoms with Gasteiger partial charge < -0.3 is 25.3 Å². The lowest BCUT2D eigenvalue weighted by Gasteiger charge is -2.36. The average molecular weight is 273 g/mol. The molecule has 0 aromatic heterocycles. The maximum atomic E-state index is 12.0. The second kappa shape index (κ2) is 7.30. The minimum absolute atomic E-state index is 0.0134. The Morgan fingerprint density at radius 3 is 2.74 bits per heavy atom. The van der Waals surface area contributed by atoms with Gasteiger partial charge in [0, 0.05) is 32.7 Å². The molecule has 0 bridgehead atoms. The molecule has 1 rings (SSSR count). The van der Waals surface area contributed by atoms with E-state index in [1.54, 1.807) is 11.9 Å². The SMILES string of the molecule is CN1CCCC(N(C)C(=O)N[C@H](CCO)C(=O)O)C1. The molecule has 0 aromatic rings. The number of nitrogens with zero attached hydrogens (tertiary/aromatic N) is 2. The molecule has 0 aromatic carbocycles. The van der Waals surface area contributed by atoms with Crippen molar-refractivity contribution in [3.8, 4) is 0 Å². The van der Waals surface area contributed by atoms with E-state index in [1.165, 1.54) is 0 Å². The van der Waals surface area contributed by atoms with Gasteiger partial charge in [-0.1, -0.05) is 0 Å². The highest BCUT2D eigenvalue weighted by Gasteiger charge is 2.27. The van der Waals surface area contributed by atoms with E-state index < -0.39 is 18.0 Å². The Labute approximate surface area is 113 Å². The van der Waals surface area contributed by atoms with Crippen LogP contribution >= 0.6 is 0 Å². The van der Waals surface area contributed by atoms with Crippen molar-refractivity contribution >= 4 is 12.0 Å². The third-order valence-electron chi connectivity index (χ3n) is 3.48. The summed E-state index contributed by atoms with van der Waals surface area (Å²) in [5.41, 5.74) is 0. The molecule has 19 heavy (non-hydrogen) atoms. The van der Waals surface area contributed by atoms with Gasteiger partial charge in [0.25, 0.3) is 0 Å². The second-order valence-electron chi connectivity index (χ2n) is 5.02. The average Bonchev–Trinajstić information content (AvgIpc) is 2.37. The van der Waals surface area contributed by atoms with Crippen LogP contribution in [-0.2, 0) is 4.79 Å². The zero-order chi connectivity index (χ0) is 14.4. The lowest BCUT2D eigenvalue weighted by molar-refractivity contribution is -0.139. The molecule has 0 aliphatic carbocycles. The Hall–Kier alpha value is -1.34. The molecule has 0 saturated carbocycles.